The molecule has 0 aliphatic carbocycles. The smallest absolute Gasteiger partial charge is 0.265 e. The maximum atomic E-state index is 12.4. The van der Waals surface area contributed by atoms with Crippen LogP contribution in [0.25, 0.3) is 0 Å². The first-order valence-electron chi connectivity index (χ1n) is 6.16. The number of benzene rings is 1. The van der Waals surface area contributed by atoms with Crippen LogP contribution >= 0.6 is 0 Å². The summed E-state index contributed by atoms with van der Waals surface area (Å²) >= 11 is 0. The van der Waals surface area contributed by atoms with Crippen LogP contribution in [0.1, 0.15) is 39.0 Å². The van der Waals surface area contributed by atoms with Crippen molar-refractivity contribution in [2.75, 3.05) is 0 Å². The molecule has 1 aromatic carbocycles. The average Bonchev–Trinajstić information content (AvgIpc) is 2.75. The fourth-order valence-corrected chi connectivity index (χ4v) is 2.27. The van der Waals surface area contributed by atoms with Crippen molar-refractivity contribution in [3.8, 4) is 0 Å². The monoisotopic (exact) mass is 256 g/mol. The van der Waals surface area contributed by atoms with Gasteiger partial charge in [-0.3, -0.25) is 9.59 Å². The van der Waals surface area contributed by atoms with Crippen LogP contribution < -0.4 is 5.73 Å². The summed E-state index contributed by atoms with van der Waals surface area (Å²) in [5, 5.41) is 0. The van der Waals surface area contributed by atoms with E-state index in [1.807, 2.05) is 25.1 Å². The Morgan fingerprint density at radius 1 is 1.21 bits per heavy atom. The third-order valence-electron chi connectivity index (χ3n) is 3.11. The molecule has 0 spiro atoms. The molecule has 4 nitrogen and oxygen atoms in total. The minimum absolute atomic E-state index is 0.0990. The Kier molecular flexibility index (Phi) is 3.51. The Morgan fingerprint density at radius 2 is 1.84 bits per heavy atom. The van der Waals surface area contributed by atoms with Crippen LogP contribution in [0, 0.1) is 6.92 Å². The lowest BCUT2D eigenvalue weighted by Gasteiger charge is -2.08. The van der Waals surface area contributed by atoms with Crippen molar-refractivity contribution in [2.45, 2.75) is 20.4 Å². The lowest BCUT2D eigenvalue weighted by molar-refractivity contribution is 0.0990. The minimum Gasteiger partial charge on any atom is -0.364 e. The van der Waals surface area contributed by atoms with Crippen LogP contribution in [0.3, 0.4) is 0 Å². The molecule has 19 heavy (non-hydrogen) atoms. The van der Waals surface area contributed by atoms with Gasteiger partial charge in [0.25, 0.3) is 5.91 Å². The summed E-state index contributed by atoms with van der Waals surface area (Å²) in [5.41, 5.74) is 7.61. The maximum Gasteiger partial charge on any atom is 0.265 e. The normalized spacial score (nSPS) is 10.4. The van der Waals surface area contributed by atoms with Crippen LogP contribution in [0.4, 0.5) is 0 Å². The van der Waals surface area contributed by atoms with Gasteiger partial charge in [-0.25, -0.2) is 0 Å². The Balaban J connectivity index is 2.55. The molecule has 0 fully saturated rings. The van der Waals surface area contributed by atoms with Crippen LogP contribution in [0.15, 0.2) is 36.4 Å². The van der Waals surface area contributed by atoms with E-state index in [0.717, 1.165) is 5.56 Å². The van der Waals surface area contributed by atoms with Crippen molar-refractivity contribution in [2.24, 2.45) is 5.73 Å². The number of nitrogens with zero attached hydrogens (tertiary/aromatic N) is 1. The first-order chi connectivity index (χ1) is 9.06. The largest absolute Gasteiger partial charge is 0.364 e. The molecule has 2 aromatic rings. The zero-order chi connectivity index (χ0) is 14.0. The second-order valence-electron chi connectivity index (χ2n) is 4.36. The molecule has 0 aliphatic heterocycles. The summed E-state index contributed by atoms with van der Waals surface area (Å²) in [6.45, 7) is 4.20. The van der Waals surface area contributed by atoms with Gasteiger partial charge in [0.2, 0.25) is 5.78 Å². The maximum absolute atomic E-state index is 12.4. The summed E-state index contributed by atoms with van der Waals surface area (Å²) in [6.07, 6.45) is 0. The number of aryl methyl sites for hydroxylation is 1. The third kappa shape index (κ3) is 2.29. The molecule has 0 atom stereocenters. The zero-order valence-electron chi connectivity index (χ0n) is 11.0. The van der Waals surface area contributed by atoms with Gasteiger partial charge in [0, 0.05) is 12.1 Å². The third-order valence-corrected chi connectivity index (χ3v) is 3.11. The number of ketones is 1. The standard InChI is InChI=1S/C15H16N2O2/c1-3-17-12(9-10(2)13(17)15(16)19)14(18)11-7-5-4-6-8-11/h4-9H,3H2,1-2H3,(H2,16,19). The molecule has 0 unspecified atom stereocenters. The van der Waals surface area contributed by atoms with Crippen molar-refractivity contribution in [1.82, 2.24) is 4.57 Å². The number of nitrogens with two attached hydrogens (primary N) is 1. The van der Waals surface area contributed by atoms with Gasteiger partial charge in [0.1, 0.15) is 5.69 Å². The summed E-state index contributed by atoms with van der Waals surface area (Å²) < 4.78 is 1.67. The molecule has 0 radical (unpaired) electrons. The molecule has 0 saturated carbocycles. The summed E-state index contributed by atoms with van der Waals surface area (Å²) in [4.78, 5) is 23.9. The summed E-state index contributed by atoms with van der Waals surface area (Å²) in [7, 11) is 0. The minimum atomic E-state index is -0.508. The molecule has 1 heterocycles. The predicted octanol–water partition coefficient (Wildman–Crippen LogP) is 2.15. The summed E-state index contributed by atoms with van der Waals surface area (Å²) in [6, 6.07) is 10.7. The van der Waals surface area contributed by atoms with E-state index in [-0.39, 0.29) is 5.78 Å². The van der Waals surface area contributed by atoms with Gasteiger partial charge < -0.3 is 10.3 Å². The Hall–Kier alpha value is -2.36. The Bertz CT molecular complexity index is 627. The Labute approximate surface area is 111 Å². The molecule has 1 amide bonds. The number of carbonyl (C=O) groups excluding carboxylic acids is 2. The van der Waals surface area contributed by atoms with E-state index in [1.165, 1.54) is 0 Å². The molecule has 0 bridgehead atoms. The molecule has 2 rings (SSSR count). The zero-order valence-corrected chi connectivity index (χ0v) is 11.0. The highest BCUT2D eigenvalue weighted by Gasteiger charge is 2.20. The predicted molar refractivity (Wildman–Crippen MR) is 73.2 cm³/mol. The van der Waals surface area contributed by atoms with Crippen LogP contribution in [0.2, 0.25) is 0 Å². The van der Waals surface area contributed by atoms with Crippen molar-refractivity contribution in [3.63, 3.8) is 0 Å². The van der Waals surface area contributed by atoms with Gasteiger partial charge in [-0.15, -0.1) is 0 Å². The van der Waals surface area contributed by atoms with Gasteiger partial charge in [0.05, 0.1) is 5.69 Å². The first kappa shape index (κ1) is 13.1. The highest BCUT2D eigenvalue weighted by atomic mass is 16.1. The highest BCUT2D eigenvalue weighted by Crippen LogP contribution is 2.18. The SMILES string of the molecule is CCn1c(C(=O)c2ccccc2)cc(C)c1C(N)=O. The topological polar surface area (TPSA) is 65.1 Å². The average molecular weight is 256 g/mol. The van der Waals surface area contributed by atoms with Gasteiger partial charge in [0.15, 0.2) is 0 Å². The number of hydrogen-bond acceptors (Lipinski definition) is 2. The van der Waals surface area contributed by atoms with E-state index in [9.17, 15) is 9.59 Å². The number of rotatable bonds is 4. The quantitative estimate of drug-likeness (QED) is 0.852. The molecular weight excluding hydrogens is 240 g/mol. The van der Waals surface area contributed by atoms with Crippen molar-refractivity contribution < 1.29 is 9.59 Å². The molecule has 98 valence electrons. The molecule has 4 heteroatoms. The van der Waals surface area contributed by atoms with E-state index in [1.54, 1.807) is 29.7 Å². The second-order valence-corrected chi connectivity index (χ2v) is 4.36. The van der Waals surface area contributed by atoms with Crippen LogP contribution in [-0.2, 0) is 6.54 Å². The van der Waals surface area contributed by atoms with E-state index < -0.39 is 5.91 Å². The van der Waals surface area contributed by atoms with Crippen LogP contribution in [0.5, 0.6) is 0 Å². The van der Waals surface area contributed by atoms with Crippen molar-refractivity contribution >= 4 is 11.7 Å². The van der Waals surface area contributed by atoms with Crippen molar-refractivity contribution in [3.05, 3.63) is 58.9 Å². The molecular formula is C15H16N2O2. The fourth-order valence-electron chi connectivity index (χ4n) is 2.27. The second kappa shape index (κ2) is 5.10. The fraction of sp³-hybridized carbons (Fsp3) is 0.200. The number of primary amides is 1. The summed E-state index contributed by atoms with van der Waals surface area (Å²) in [5.74, 6) is -0.607. The van der Waals surface area contributed by atoms with Crippen LogP contribution in [-0.4, -0.2) is 16.3 Å². The van der Waals surface area contributed by atoms with E-state index in [2.05, 4.69) is 0 Å². The lowest BCUT2D eigenvalue weighted by Crippen LogP contribution is -2.20. The van der Waals surface area contributed by atoms with Gasteiger partial charge >= 0.3 is 0 Å². The van der Waals surface area contributed by atoms with Crippen molar-refractivity contribution in [1.29, 1.82) is 0 Å². The first-order valence-corrected chi connectivity index (χ1v) is 6.16. The molecule has 1 aromatic heterocycles. The number of aromatic nitrogens is 1. The van der Waals surface area contributed by atoms with E-state index in [4.69, 9.17) is 5.73 Å². The molecule has 0 saturated heterocycles. The number of hydrogen-bond donors (Lipinski definition) is 1. The van der Waals surface area contributed by atoms with Gasteiger partial charge in [-0.2, -0.15) is 0 Å². The number of amides is 1. The van der Waals surface area contributed by atoms with E-state index in [0.29, 0.717) is 23.5 Å². The lowest BCUT2D eigenvalue weighted by atomic mass is 10.1. The molecule has 0 aliphatic rings. The number of carbonyl (C=O) groups is 2. The highest BCUT2D eigenvalue weighted by molar-refractivity contribution is 6.09. The van der Waals surface area contributed by atoms with Gasteiger partial charge in [-0.05, 0) is 25.5 Å². The van der Waals surface area contributed by atoms with E-state index >= 15 is 0 Å². The molecule has 2 N–H and O–H groups in total. The Morgan fingerprint density at radius 3 is 2.37 bits per heavy atom. The van der Waals surface area contributed by atoms with Gasteiger partial charge in [-0.1, -0.05) is 30.3 Å².